The third-order valence-corrected chi connectivity index (χ3v) is 5.39. The van der Waals surface area contributed by atoms with Gasteiger partial charge in [-0.1, -0.05) is 23.2 Å². The third kappa shape index (κ3) is 5.64. The molecule has 2 heterocycles. The van der Waals surface area contributed by atoms with Gasteiger partial charge in [0.05, 0.1) is 8.67 Å². The molecular formula is C15H19Cl2NO4S. The molecule has 2 rings (SSSR count). The molecule has 1 N–H and O–H groups in total. The van der Waals surface area contributed by atoms with E-state index in [4.69, 9.17) is 33.0 Å². The van der Waals surface area contributed by atoms with Gasteiger partial charge in [-0.15, -0.1) is 11.3 Å². The summed E-state index contributed by atoms with van der Waals surface area (Å²) >= 11 is 13.3. The number of carboxylic acid groups (broad SMARTS) is 1. The number of aliphatic carboxylic acids is 1. The molecule has 0 bridgehead atoms. The lowest BCUT2D eigenvalue weighted by Crippen LogP contribution is -2.46. The predicted molar refractivity (Wildman–Crippen MR) is 90.5 cm³/mol. The number of thiophene rings is 1. The van der Waals surface area contributed by atoms with Gasteiger partial charge in [-0.25, -0.2) is 0 Å². The highest BCUT2D eigenvalue weighted by molar-refractivity contribution is 7.20. The van der Waals surface area contributed by atoms with Crippen LogP contribution in [0.5, 0.6) is 0 Å². The summed E-state index contributed by atoms with van der Waals surface area (Å²) < 4.78 is 6.56. The summed E-state index contributed by atoms with van der Waals surface area (Å²) in [5.41, 5.74) is 0.935. The number of carbonyl (C=O) groups excluding carboxylic acids is 1. The van der Waals surface area contributed by atoms with Crippen molar-refractivity contribution in [1.29, 1.82) is 0 Å². The molecule has 1 aromatic heterocycles. The van der Waals surface area contributed by atoms with Gasteiger partial charge in [-0.05, 0) is 37.3 Å². The van der Waals surface area contributed by atoms with Crippen LogP contribution in [0.3, 0.4) is 0 Å². The van der Waals surface area contributed by atoms with E-state index in [1.165, 1.54) is 16.2 Å². The Kier molecular flexibility index (Phi) is 7.14. The van der Waals surface area contributed by atoms with Crippen LogP contribution in [-0.2, 0) is 20.7 Å². The number of carbonyl (C=O) groups is 2. The highest BCUT2D eigenvalue weighted by atomic mass is 35.5. The van der Waals surface area contributed by atoms with E-state index in [-0.39, 0.29) is 18.5 Å². The van der Waals surface area contributed by atoms with Crippen molar-refractivity contribution in [3.05, 3.63) is 20.3 Å². The molecule has 1 aromatic rings. The molecule has 1 amide bonds. The number of ether oxygens (including phenoxy) is 1. The maximum absolute atomic E-state index is 12.4. The van der Waals surface area contributed by atoms with Gasteiger partial charge in [0.1, 0.15) is 6.54 Å². The van der Waals surface area contributed by atoms with Crippen LogP contribution in [-0.4, -0.2) is 47.7 Å². The average Bonchev–Trinajstić information content (AvgIpc) is 2.83. The molecule has 23 heavy (non-hydrogen) atoms. The fourth-order valence-electron chi connectivity index (χ4n) is 2.68. The van der Waals surface area contributed by atoms with Gasteiger partial charge in [0, 0.05) is 25.7 Å². The number of halogens is 2. The van der Waals surface area contributed by atoms with Gasteiger partial charge in [-0.3, -0.25) is 9.59 Å². The number of hydrogen-bond donors (Lipinski definition) is 1. The van der Waals surface area contributed by atoms with Crippen LogP contribution >= 0.6 is 34.5 Å². The second kappa shape index (κ2) is 8.87. The zero-order chi connectivity index (χ0) is 16.8. The Hall–Kier alpha value is -0.820. The topological polar surface area (TPSA) is 66.8 Å². The highest BCUT2D eigenvalue weighted by Gasteiger charge is 2.27. The lowest BCUT2D eigenvalue weighted by atomic mass is 10.1. The minimum atomic E-state index is -0.988. The van der Waals surface area contributed by atoms with Gasteiger partial charge in [-0.2, -0.15) is 0 Å². The van der Waals surface area contributed by atoms with Crippen molar-refractivity contribution in [1.82, 2.24) is 4.90 Å². The van der Waals surface area contributed by atoms with E-state index in [2.05, 4.69) is 0 Å². The molecule has 1 saturated heterocycles. The number of aryl methyl sites for hydroxylation is 1. The summed E-state index contributed by atoms with van der Waals surface area (Å²) in [6.07, 6.45) is 2.94. The van der Waals surface area contributed by atoms with Crippen LogP contribution in [0.1, 0.15) is 31.2 Å². The van der Waals surface area contributed by atoms with Crippen molar-refractivity contribution in [3.63, 3.8) is 0 Å². The first-order valence-electron chi connectivity index (χ1n) is 7.50. The lowest BCUT2D eigenvalue weighted by Gasteiger charge is -2.33. The van der Waals surface area contributed by atoms with E-state index in [1.807, 2.05) is 6.07 Å². The molecule has 0 aromatic carbocycles. The third-order valence-electron chi connectivity index (χ3n) is 3.82. The Morgan fingerprint density at radius 2 is 2.04 bits per heavy atom. The molecule has 0 radical (unpaired) electrons. The zero-order valence-electron chi connectivity index (χ0n) is 12.6. The summed E-state index contributed by atoms with van der Waals surface area (Å²) in [7, 11) is 0. The lowest BCUT2D eigenvalue weighted by molar-refractivity contribution is -0.147. The smallest absolute Gasteiger partial charge is 0.323 e. The van der Waals surface area contributed by atoms with Crippen molar-refractivity contribution in [2.45, 2.75) is 38.1 Å². The van der Waals surface area contributed by atoms with Crippen molar-refractivity contribution < 1.29 is 19.4 Å². The molecule has 1 aliphatic rings. The van der Waals surface area contributed by atoms with Crippen LogP contribution < -0.4 is 0 Å². The maximum Gasteiger partial charge on any atom is 0.323 e. The van der Waals surface area contributed by atoms with E-state index in [9.17, 15) is 9.59 Å². The minimum absolute atomic E-state index is 0.0495. The molecule has 1 aliphatic heterocycles. The second-order valence-electron chi connectivity index (χ2n) is 5.46. The normalized spacial score (nSPS) is 15.6. The first-order valence-corrected chi connectivity index (χ1v) is 9.07. The van der Waals surface area contributed by atoms with E-state index >= 15 is 0 Å². The van der Waals surface area contributed by atoms with Gasteiger partial charge in [0.15, 0.2) is 0 Å². The highest BCUT2D eigenvalue weighted by Crippen LogP contribution is 2.32. The zero-order valence-corrected chi connectivity index (χ0v) is 14.9. The van der Waals surface area contributed by atoms with E-state index < -0.39 is 5.97 Å². The SMILES string of the molecule is O=C(O)CN(C(=O)CCCc1cc(Cl)sc1Cl)C1CCOCC1. The number of amides is 1. The summed E-state index contributed by atoms with van der Waals surface area (Å²) in [6, 6.07) is 1.76. The molecule has 0 aliphatic carbocycles. The second-order valence-corrected chi connectivity index (χ2v) is 7.75. The number of carboxylic acids is 1. The molecule has 1 fully saturated rings. The summed E-state index contributed by atoms with van der Waals surface area (Å²) in [4.78, 5) is 24.9. The van der Waals surface area contributed by atoms with E-state index in [0.717, 1.165) is 5.56 Å². The van der Waals surface area contributed by atoms with Crippen LogP contribution in [0, 0.1) is 0 Å². The molecule has 0 unspecified atom stereocenters. The van der Waals surface area contributed by atoms with Gasteiger partial charge in [0.2, 0.25) is 5.91 Å². The summed E-state index contributed by atoms with van der Waals surface area (Å²) in [5, 5.41) is 9.05. The van der Waals surface area contributed by atoms with E-state index in [1.54, 1.807) is 0 Å². The van der Waals surface area contributed by atoms with Crippen molar-refractivity contribution in [2.75, 3.05) is 19.8 Å². The molecule has 8 heteroatoms. The quantitative estimate of drug-likeness (QED) is 0.787. The Labute approximate surface area is 149 Å². The maximum atomic E-state index is 12.4. The fourth-order valence-corrected chi connectivity index (χ4v) is 4.23. The van der Waals surface area contributed by atoms with Gasteiger partial charge in [0.25, 0.3) is 0 Å². The predicted octanol–water partition coefficient (Wildman–Crippen LogP) is 3.47. The summed E-state index contributed by atoms with van der Waals surface area (Å²) in [6.45, 7) is 0.878. The Bertz CT molecular complexity index is 558. The molecule has 0 saturated carbocycles. The van der Waals surface area contributed by atoms with Crippen LogP contribution in [0.15, 0.2) is 6.07 Å². The largest absolute Gasteiger partial charge is 0.480 e. The van der Waals surface area contributed by atoms with Crippen molar-refractivity contribution in [2.24, 2.45) is 0 Å². The van der Waals surface area contributed by atoms with Crippen LogP contribution in [0.2, 0.25) is 8.67 Å². The van der Waals surface area contributed by atoms with Crippen molar-refractivity contribution in [3.8, 4) is 0 Å². The van der Waals surface area contributed by atoms with Gasteiger partial charge >= 0.3 is 5.97 Å². The van der Waals surface area contributed by atoms with E-state index in [0.29, 0.717) is 54.0 Å². The number of rotatable bonds is 7. The molecule has 0 spiro atoms. The van der Waals surface area contributed by atoms with Gasteiger partial charge < -0.3 is 14.7 Å². The molecule has 128 valence electrons. The van der Waals surface area contributed by atoms with Crippen LogP contribution in [0.4, 0.5) is 0 Å². The van der Waals surface area contributed by atoms with Crippen LogP contribution in [0.25, 0.3) is 0 Å². The average molecular weight is 380 g/mol. The molecular weight excluding hydrogens is 361 g/mol. The first-order chi connectivity index (χ1) is 11.0. The molecule has 5 nitrogen and oxygen atoms in total. The number of nitrogens with zero attached hydrogens (tertiary/aromatic N) is 1. The van der Waals surface area contributed by atoms with Crippen molar-refractivity contribution >= 4 is 46.4 Å². The Balaban J connectivity index is 1.89. The standard InChI is InChI=1S/C15H19Cl2NO4S/c16-12-8-10(15(17)23-12)2-1-3-13(19)18(9-14(20)21)11-4-6-22-7-5-11/h8,11H,1-7,9H2,(H,20,21). The Morgan fingerprint density at radius 1 is 1.35 bits per heavy atom. The molecule has 0 atom stereocenters. The number of hydrogen-bond acceptors (Lipinski definition) is 4. The Morgan fingerprint density at radius 3 is 2.61 bits per heavy atom. The summed E-state index contributed by atoms with van der Waals surface area (Å²) in [5.74, 6) is -1.12. The minimum Gasteiger partial charge on any atom is -0.480 e. The first kappa shape index (κ1) is 18.5. The fraction of sp³-hybridized carbons (Fsp3) is 0.600. The monoisotopic (exact) mass is 379 g/mol.